The average Bonchev–Trinajstić information content (AvgIpc) is 2.86. The van der Waals surface area contributed by atoms with Crippen LogP contribution in [0.1, 0.15) is 65.7 Å². The highest BCUT2D eigenvalue weighted by Crippen LogP contribution is 2.27. The summed E-state index contributed by atoms with van der Waals surface area (Å²) in [5.74, 6) is -0.424. The number of piperazine rings is 1. The molecule has 0 spiro atoms. The molecule has 3 aliphatic heterocycles. The Morgan fingerprint density at radius 2 is 1.92 bits per heavy atom. The first-order valence-electron chi connectivity index (χ1n) is 14.9. The van der Waals surface area contributed by atoms with Crippen LogP contribution in [0.15, 0.2) is 11.8 Å². The second-order valence-corrected chi connectivity index (χ2v) is 12.0. The fraction of sp³-hybridized carbons (Fsp3) is 0.857. The molecule has 210 valence electrons. The van der Waals surface area contributed by atoms with Gasteiger partial charge < -0.3 is 21.7 Å². The van der Waals surface area contributed by atoms with E-state index in [0.717, 1.165) is 95.5 Å². The van der Waals surface area contributed by atoms with Crippen molar-refractivity contribution < 1.29 is 9.37 Å². The fourth-order valence-corrected chi connectivity index (χ4v) is 6.91. The Morgan fingerprint density at radius 3 is 2.54 bits per heavy atom. The van der Waals surface area contributed by atoms with Crippen LogP contribution in [0.25, 0.3) is 0 Å². The van der Waals surface area contributed by atoms with Crippen LogP contribution < -0.4 is 21.7 Å². The van der Waals surface area contributed by atoms with E-state index in [1.165, 1.54) is 19.3 Å². The van der Waals surface area contributed by atoms with Gasteiger partial charge in [-0.2, -0.15) is 0 Å². The molecule has 1 aliphatic carbocycles. The van der Waals surface area contributed by atoms with E-state index < -0.39 is 12.1 Å². The summed E-state index contributed by atoms with van der Waals surface area (Å²) in [5.41, 5.74) is 8.71. The highest BCUT2D eigenvalue weighted by Gasteiger charge is 2.42. The number of carbonyl (C=O) groups excluding carboxylic acids is 1. The summed E-state index contributed by atoms with van der Waals surface area (Å²) >= 11 is 6.67. The number of alkyl halides is 1. The SMILES string of the molecule is CCCC(Cl)C[N+](CC)=C1C=C(CC)NC(N)C1C(=O)NC1CNCCC1N1CCN(C2CCC2)CC1. The predicted molar refractivity (Wildman–Crippen MR) is 152 cm³/mol. The number of rotatable bonds is 10. The Morgan fingerprint density at radius 1 is 1.19 bits per heavy atom. The third-order valence-corrected chi connectivity index (χ3v) is 9.32. The second-order valence-electron chi connectivity index (χ2n) is 11.4. The predicted octanol–water partition coefficient (Wildman–Crippen LogP) is 1.68. The largest absolute Gasteiger partial charge is 0.372 e. The fourth-order valence-electron chi connectivity index (χ4n) is 6.53. The molecule has 2 saturated heterocycles. The van der Waals surface area contributed by atoms with Crippen LogP contribution in [-0.2, 0) is 4.79 Å². The van der Waals surface area contributed by atoms with E-state index in [1.54, 1.807) is 0 Å². The molecular weight excluding hydrogens is 486 g/mol. The first-order chi connectivity index (χ1) is 17.9. The van der Waals surface area contributed by atoms with Crippen LogP contribution in [0.3, 0.4) is 0 Å². The summed E-state index contributed by atoms with van der Waals surface area (Å²) in [4.78, 5) is 19.2. The summed E-state index contributed by atoms with van der Waals surface area (Å²) in [6.07, 6.45) is 9.73. The number of halogens is 1. The van der Waals surface area contributed by atoms with Crippen molar-refractivity contribution in [3.63, 3.8) is 0 Å². The first kappa shape index (κ1) is 28.8. The lowest BCUT2D eigenvalue weighted by molar-refractivity contribution is -0.525. The van der Waals surface area contributed by atoms with Crippen molar-refractivity contribution in [2.75, 3.05) is 52.4 Å². The lowest BCUT2D eigenvalue weighted by Gasteiger charge is -2.47. The van der Waals surface area contributed by atoms with Gasteiger partial charge in [-0.15, -0.1) is 11.6 Å². The van der Waals surface area contributed by atoms with Gasteiger partial charge in [0.2, 0.25) is 5.91 Å². The van der Waals surface area contributed by atoms with Crippen LogP contribution in [0.2, 0.25) is 0 Å². The number of hydrogen-bond acceptors (Lipinski definition) is 6. The van der Waals surface area contributed by atoms with Gasteiger partial charge in [-0.1, -0.05) is 26.7 Å². The lowest BCUT2D eigenvalue weighted by Crippen LogP contribution is -2.65. The maximum Gasteiger partial charge on any atom is 0.237 e. The van der Waals surface area contributed by atoms with Crippen LogP contribution in [0.4, 0.5) is 0 Å². The molecule has 0 aromatic rings. The molecule has 0 aromatic carbocycles. The van der Waals surface area contributed by atoms with Gasteiger partial charge >= 0.3 is 0 Å². The number of carbonyl (C=O) groups is 1. The van der Waals surface area contributed by atoms with Gasteiger partial charge in [-0.3, -0.25) is 14.6 Å². The van der Waals surface area contributed by atoms with E-state index in [9.17, 15) is 4.79 Å². The molecule has 5 atom stereocenters. The van der Waals surface area contributed by atoms with E-state index >= 15 is 0 Å². The molecule has 9 heteroatoms. The van der Waals surface area contributed by atoms with E-state index in [1.807, 2.05) is 0 Å². The number of nitrogens with two attached hydrogens (primary N) is 1. The molecular formula is C28H51ClN7O+. The minimum absolute atomic E-state index is 0.0215. The Hall–Kier alpha value is -1.19. The topological polar surface area (TPSA) is 88.7 Å². The van der Waals surface area contributed by atoms with E-state index in [0.29, 0.717) is 6.04 Å². The number of nitrogens with zero attached hydrogens (tertiary/aromatic N) is 3. The van der Waals surface area contributed by atoms with Gasteiger partial charge in [0.05, 0.1) is 17.6 Å². The van der Waals surface area contributed by atoms with Crippen molar-refractivity contribution in [3.8, 4) is 0 Å². The minimum Gasteiger partial charge on any atom is -0.372 e. The third-order valence-electron chi connectivity index (χ3n) is 8.96. The number of nitrogens with one attached hydrogen (secondary N) is 3. The van der Waals surface area contributed by atoms with Crippen molar-refractivity contribution >= 4 is 23.2 Å². The van der Waals surface area contributed by atoms with Gasteiger partial charge in [-0.05, 0) is 45.6 Å². The zero-order valence-corrected chi connectivity index (χ0v) is 24.1. The van der Waals surface area contributed by atoms with E-state index in [4.69, 9.17) is 17.3 Å². The quantitative estimate of drug-likeness (QED) is 0.251. The molecule has 3 fully saturated rings. The molecule has 0 radical (unpaired) electrons. The number of hydrogen-bond donors (Lipinski definition) is 4. The van der Waals surface area contributed by atoms with Gasteiger partial charge in [0.25, 0.3) is 0 Å². The normalized spacial score (nSPS) is 32.2. The minimum atomic E-state index is -0.454. The van der Waals surface area contributed by atoms with Gasteiger partial charge in [0, 0.05) is 56.6 Å². The van der Waals surface area contributed by atoms with Gasteiger partial charge in [-0.25, -0.2) is 4.58 Å². The van der Waals surface area contributed by atoms with E-state index in [2.05, 4.69) is 57.2 Å². The summed E-state index contributed by atoms with van der Waals surface area (Å²) in [7, 11) is 0. The zero-order valence-electron chi connectivity index (χ0n) is 23.4. The zero-order chi connectivity index (χ0) is 26.4. The van der Waals surface area contributed by atoms with Crippen molar-refractivity contribution in [3.05, 3.63) is 11.8 Å². The molecule has 1 amide bonds. The number of allylic oxidation sites excluding steroid dienone is 2. The Labute approximate surface area is 229 Å². The highest BCUT2D eigenvalue weighted by atomic mass is 35.5. The Bertz CT molecular complexity index is 821. The molecule has 37 heavy (non-hydrogen) atoms. The van der Waals surface area contributed by atoms with Crippen LogP contribution >= 0.6 is 11.6 Å². The summed E-state index contributed by atoms with van der Waals surface area (Å²) in [5, 5.41) is 10.4. The molecule has 0 aromatic heterocycles. The van der Waals surface area contributed by atoms with Crippen molar-refractivity contribution in [2.24, 2.45) is 11.7 Å². The van der Waals surface area contributed by atoms with Crippen molar-refractivity contribution in [1.29, 1.82) is 0 Å². The molecule has 5 unspecified atom stereocenters. The summed E-state index contributed by atoms with van der Waals surface area (Å²) < 4.78 is 2.27. The number of piperidine rings is 1. The summed E-state index contributed by atoms with van der Waals surface area (Å²) in [6, 6.07) is 1.26. The molecule has 3 heterocycles. The maximum absolute atomic E-state index is 13.9. The summed E-state index contributed by atoms with van der Waals surface area (Å²) in [6.45, 7) is 14.2. The number of amides is 1. The van der Waals surface area contributed by atoms with Gasteiger partial charge in [0.15, 0.2) is 18.2 Å². The monoisotopic (exact) mass is 536 g/mol. The standard InChI is InChI=1S/C28H50ClN7O/c1-4-8-20(29)19-34(6-3)25-17-21(5-2)32-27(30)26(25)28(37)33-23-18-31-12-11-24(23)36-15-13-35(14-16-36)22-9-7-10-22/h17,20,22-24,26-27,31H,4-16,18-19,30H2,1-3H3,(H,33,37)/p+1. The first-order valence-corrected chi connectivity index (χ1v) is 15.4. The molecule has 4 rings (SSSR count). The lowest BCUT2D eigenvalue weighted by atomic mass is 9.90. The Kier molecular flexibility index (Phi) is 10.7. The molecule has 0 bridgehead atoms. The highest BCUT2D eigenvalue weighted by molar-refractivity contribution is 6.20. The second kappa shape index (κ2) is 13.7. The Balaban J connectivity index is 1.48. The van der Waals surface area contributed by atoms with Crippen molar-refractivity contribution in [2.45, 2.75) is 95.4 Å². The third kappa shape index (κ3) is 7.07. The smallest absolute Gasteiger partial charge is 0.237 e. The van der Waals surface area contributed by atoms with Crippen LogP contribution in [0, 0.1) is 5.92 Å². The molecule has 8 nitrogen and oxygen atoms in total. The van der Waals surface area contributed by atoms with E-state index in [-0.39, 0.29) is 17.3 Å². The molecule has 4 aliphatic rings. The van der Waals surface area contributed by atoms with Crippen molar-refractivity contribution in [1.82, 2.24) is 25.8 Å². The van der Waals surface area contributed by atoms with Gasteiger partial charge in [0.1, 0.15) is 6.54 Å². The maximum atomic E-state index is 13.9. The molecule has 5 N–H and O–H groups in total. The van der Waals surface area contributed by atoms with Crippen LogP contribution in [-0.4, -0.2) is 108 Å². The van der Waals surface area contributed by atoms with Crippen LogP contribution in [0.5, 0.6) is 0 Å². The molecule has 1 saturated carbocycles. The average molecular weight is 537 g/mol.